The summed E-state index contributed by atoms with van der Waals surface area (Å²) in [5.74, 6) is 0. The molecule has 0 amide bonds. The van der Waals surface area contributed by atoms with Gasteiger partial charge in [-0.1, -0.05) is 0 Å². The summed E-state index contributed by atoms with van der Waals surface area (Å²) in [5.41, 5.74) is 0. The molecule has 0 spiro atoms. The Morgan fingerprint density at radius 3 is 2.83 bits per heavy atom. The van der Waals surface area contributed by atoms with Crippen molar-refractivity contribution >= 4 is 7.93 Å². The number of aliphatic imine (C=N–C) groups is 1. The Hall–Kier alpha value is 1.05. The molecule has 0 fully saturated rings. The molecule has 1 heterocycles. The van der Waals surface area contributed by atoms with Gasteiger partial charge in [0.15, 0.2) is 0 Å². The van der Waals surface area contributed by atoms with E-state index in [1.165, 1.54) is 0.0790 Å². The van der Waals surface area contributed by atoms with Crippen LogP contribution in [-0.4, -0.2) is 7.93 Å². The molecule has 0 aromatic heterocycles. The third kappa shape index (κ3) is 1.28. The molecule has 3 heteroatoms. The Labute approximate surface area is 62.6 Å². The molecule has 1 rings (SSSR count). The Balaban J connectivity index is 2.61. The topological polar surface area (TPSA) is 12.4 Å². The van der Waals surface area contributed by atoms with Crippen molar-refractivity contribution < 1.29 is 44.2 Å². The first-order chi connectivity index (χ1) is 2.89. The van der Waals surface area contributed by atoms with Crippen molar-refractivity contribution in [3.8, 4) is 0 Å². The molecule has 0 radical (unpaired) electrons. The van der Waals surface area contributed by atoms with E-state index in [2.05, 4.69) is 13.4 Å². The minimum absolute atomic E-state index is 0.396. The van der Waals surface area contributed by atoms with Crippen molar-refractivity contribution in [2.45, 2.75) is 0 Å². The summed E-state index contributed by atoms with van der Waals surface area (Å²) in [4.78, 5) is 4.01. The van der Waals surface area contributed by atoms with Gasteiger partial charge in [0, 0.05) is 0 Å². The van der Waals surface area contributed by atoms with Crippen molar-refractivity contribution in [1.82, 2.24) is 0 Å². The summed E-state index contributed by atoms with van der Waals surface area (Å²) in [6.45, 7) is 0. The third-order valence-electron chi connectivity index (χ3n) is 0.509. The summed E-state index contributed by atoms with van der Waals surface area (Å²) < 4.78 is 3.45. The number of rotatable bonds is 0. The van der Waals surface area contributed by atoms with Gasteiger partial charge in [0.05, 0.1) is 0 Å². The van der Waals surface area contributed by atoms with Crippen LogP contribution in [0.3, 0.4) is 0 Å². The monoisotopic (exact) mass is 197 g/mol. The number of nitrogens with zero attached hydrogens (tertiary/aromatic N) is 1. The van der Waals surface area contributed by atoms with Crippen molar-refractivity contribution in [1.29, 1.82) is 0 Å². The maximum atomic E-state index is 4.01. The van der Waals surface area contributed by atoms with Crippen LogP contribution in [0.5, 0.6) is 0 Å². The quantitative estimate of drug-likeness (QED) is 0.465. The van der Waals surface area contributed by atoms with E-state index in [1.807, 2.05) is 6.20 Å². The Bertz CT molecular complexity index is 107. The molecule has 1 nitrogen and oxygen atoms in total. The molecule has 0 atom stereocenters. The zero-order valence-corrected chi connectivity index (χ0v) is 5.47. The summed E-state index contributed by atoms with van der Waals surface area (Å²) in [5, 5.41) is 0. The van der Waals surface area contributed by atoms with Crippen LogP contribution in [0.4, 0.5) is 0 Å². The van der Waals surface area contributed by atoms with E-state index in [1.54, 1.807) is 0 Å². The first-order valence-corrected chi connectivity index (χ1v) is 3.87. The zero-order valence-electron chi connectivity index (χ0n) is 3.46. The first-order valence-electron chi connectivity index (χ1n) is 1.70. The summed E-state index contributed by atoms with van der Waals surface area (Å²) in [6, 6.07) is 0. The van der Waals surface area contributed by atoms with Gasteiger partial charge in [-0.2, -0.15) is 0 Å². The van der Waals surface area contributed by atoms with E-state index in [-0.39, 0.29) is 0 Å². The molecular weight excluding hydrogens is 192 g/mol. The van der Waals surface area contributed by atoms with Gasteiger partial charge in [0.1, 0.15) is 0 Å². The Morgan fingerprint density at radius 2 is 2.67 bits per heavy atom. The Kier molecular flexibility index (Phi) is 2.06. The minimum atomic E-state index is 0.396. The van der Waals surface area contributed by atoms with Crippen LogP contribution in [0, 0.1) is 44.2 Å². The number of hydrogen-bond donors (Lipinski definition) is 0. The second-order valence-corrected chi connectivity index (χ2v) is 3.69. The van der Waals surface area contributed by atoms with Gasteiger partial charge in [-0.05, 0) is 0 Å². The fourth-order valence-corrected chi connectivity index (χ4v) is 1.35. The predicted molar refractivity (Wildman–Crippen MR) is 25.1 cm³/mol. The molecule has 0 aromatic carbocycles. The van der Waals surface area contributed by atoms with Gasteiger partial charge >= 0.3 is 63.8 Å². The van der Waals surface area contributed by atoms with Crippen LogP contribution in [-0.2, 0) is 0 Å². The van der Waals surface area contributed by atoms with Crippen LogP contribution in [0.2, 0.25) is 0 Å². The first kappa shape index (κ1) is 5.19. The molecular formula is C3H4BNXe. The van der Waals surface area contributed by atoms with Gasteiger partial charge in [-0.15, -0.1) is 0 Å². The van der Waals surface area contributed by atoms with Gasteiger partial charge in [0.25, 0.3) is 0 Å². The van der Waals surface area contributed by atoms with Crippen molar-refractivity contribution in [2.24, 2.45) is 4.99 Å². The summed E-state index contributed by atoms with van der Waals surface area (Å²) >= 11 is 0.396. The van der Waals surface area contributed by atoms with E-state index in [4.69, 9.17) is 0 Å². The second kappa shape index (κ2) is 2.38. The van der Waals surface area contributed by atoms with E-state index in [0.29, 0.717) is 44.2 Å². The second-order valence-electron chi connectivity index (χ2n) is 0.978. The zero-order chi connectivity index (χ0) is 4.41. The molecule has 0 unspecified atom stereocenters. The normalized spacial score (nSPS) is 19.7. The summed E-state index contributed by atoms with van der Waals surface area (Å²) in [7, 11) is 2.07. The maximum absolute atomic E-state index is 4.01. The number of hydrogen-bond acceptors (Lipinski definition) is 1. The fourth-order valence-electron chi connectivity index (χ4n) is 0.265. The predicted octanol–water partition coefficient (Wildman–Crippen LogP) is -0.455. The van der Waals surface area contributed by atoms with Crippen LogP contribution in [0.1, 0.15) is 0 Å². The molecule has 0 saturated heterocycles. The Morgan fingerprint density at radius 1 is 1.83 bits per heavy atom. The van der Waals surface area contributed by atoms with Crippen LogP contribution in [0.25, 0.3) is 0 Å². The molecule has 32 valence electrons. The average Bonchev–Trinajstić information content (AvgIpc) is 1.86. The SMILES string of the molecule is BC1=NC=C[Xe]1. The van der Waals surface area contributed by atoms with E-state index in [9.17, 15) is 0 Å². The van der Waals surface area contributed by atoms with Crippen molar-refractivity contribution in [3.63, 3.8) is 0 Å². The van der Waals surface area contributed by atoms with Crippen molar-refractivity contribution in [3.05, 3.63) is 6.74 Å². The van der Waals surface area contributed by atoms with Crippen LogP contribution in [0.15, 0.2) is 11.7 Å². The molecule has 0 N–H and O–H groups in total. The van der Waals surface area contributed by atoms with Crippen LogP contribution >= 0.6 is 0 Å². The standard InChI is InChI=1S/C3H4BNXe/c4-3-5-1-2-6-3/h1-2H,4H2. The molecule has 1 aliphatic heterocycles. The van der Waals surface area contributed by atoms with Gasteiger partial charge in [-0.25, -0.2) is 0 Å². The molecule has 6 heavy (non-hydrogen) atoms. The molecule has 1 aliphatic rings. The molecule has 0 aromatic rings. The molecule has 0 bridgehead atoms. The van der Waals surface area contributed by atoms with Gasteiger partial charge in [-0.3, -0.25) is 0 Å². The van der Waals surface area contributed by atoms with Crippen LogP contribution < -0.4 is 0 Å². The van der Waals surface area contributed by atoms with Gasteiger partial charge < -0.3 is 0 Å². The van der Waals surface area contributed by atoms with E-state index in [0.717, 1.165) is 0 Å². The van der Waals surface area contributed by atoms with E-state index < -0.39 is 0 Å². The van der Waals surface area contributed by atoms with Gasteiger partial charge in [0.2, 0.25) is 0 Å². The third-order valence-corrected chi connectivity index (χ3v) is 2.25. The average molecular weight is 196 g/mol. The van der Waals surface area contributed by atoms with Crippen molar-refractivity contribution in [2.75, 3.05) is 0 Å². The van der Waals surface area contributed by atoms with E-state index >= 15 is 0 Å². The molecule has 0 aliphatic carbocycles. The fraction of sp³-hybridized carbons (Fsp3) is 0. The molecule has 0 saturated carbocycles. The summed E-state index contributed by atoms with van der Waals surface area (Å²) in [6.07, 6.45) is 1.88.